The molecule has 62 valence electrons. The van der Waals surface area contributed by atoms with Crippen LogP contribution in [0, 0.1) is 0 Å². The van der Waals surface area contributed by atoms with Crippen LogP contribution < -0.4 is 11.2 Å². The molecule has 4 nitrogen and oxygen atoms in total. The van der Waals surface area contributed by atoms with E-state index in [0.29, 0.717) is 13.2 Å². The molecule has 0 aliphatic heterocycles. The van der Waals surface area contributed by atoms with Crippen molar-refractivity contribution in [3.63, 3.8) is 0 Å². The molecule has 0 saturated carbocycles. The smallest absolute Gasteiger partial charge is 0.0638 e. The summed E-state index contributed by atoms with van der Waals surface area (Å²) >= 11 is 0. The Morgan fingerprint density at radius 3 is 2.80 bits per heavy atom. The van der Waals surface area contributed by atoms with Crippen molar-refractivity contribution in [2.24, 2.45) is 5.73 Å². The summed E-state index contributed by atoms with van der Waals surface area (Å²) in [6, 6.07) is 0.0218. The van der Waals surface area contributed by atoms with Gasteiger partial charge in [-0.05, 0) is 19.4 Å². The van der Waals surface area contributed by atoms with Crippen LogP contribution in [0.1, 0.15) is 12.8 Å². The lowest BCUT2D eigenvalue weighted by Gasteiger charge is -2.12. The van der Waals surface area contributed by atoms with Crippen molar-refractivity contribution in [1.29, 1.82) is 0 Å². The first kappa shape index (κ1) is 9.84. The molecule has 0 heterocycles. The fraction of sp³-hybridized carbons (Fsp3) is 1.00. The molecule has 0 saturated heterocycles. The molecule has 0 fully saturated rings. The highest BCUT2D eigenvalue weighted by Crippen LogP contribution is 1.94. The van der Waals surface area contributed by atoms with Gasteiger partial charge in [0.25, 0.3) is 0 Å². The lowest BCUT2D eigenvalue weighted by molar-refractivity contribution is 0.0669. The fourth-order valence-corrected chi connectivity index (χ4v) is 0.751. The molecule has 0 radical (unpaired) electrons. The van der Waals surface area contributed by atoms with Gasteiger partial charge in [0.15, 0.2) is 0 Å². The lowest BCUT2D eigenvalue weighted by Crippen LogP contribution is -2.30. The number of methoxy groups -OCH3 is 1. The summed E-state index contributed by atoms with van der Waals surface area (Å²) in [5.74, 6) is 0. The van der Waals surface area contributed by atoms with Gasteiger partial charge < -0.3 is 15.7 Å². The minimum absolute atomic E-state index is 0.0218. The Bertz CT molecular complexity index is 70.8. The zero-order chi connectivity index (χ0) is 7.82. The van der Waals surface area contributed by atoms with E-state index in [-0.39, 0.29) is 6.04 Å². The van der Waals surface area contributed by atoms with Crippen LogP contribution in [0.2, 0.25) is 0 Å². The van der Waals surface area contributed by atoms with Crippen LogP contribution in [0.5, 0.6) is 0 Å². The van der Waals surface area contributed by atoms with Crippen molar-refractivity contribution in [3.05, 3.63) is 0 Å². The van der Waals surface area contributed by atoms with E-state index >= 15 is 0 Å². The molecule has 0 amide bonds. The predicted molar refractivity (Wildman–Crippen MR) is 38.9 cm³/mol. The molecular formula is C6H16N2O2. The summed E-state index contributed by atoms with van der Waals surface area (Å²) in [6.07, 6.45) is 1.75. The van der Waals surface area contributed by atoms with Gasteiger partial charge in [-0.25, -0.2) is 5.48 Å². The number of ether oxygens (including phenoxy) is 1. The van der Waals surface area contributed by atoms with Crippen LogP contribution in [0.4, 0.5) is 0 Å². The number of nitrogens with one attached hydrogen (secondary N) is 1. The van der Waals surface area contributed by atoms with E-state index in [1.54, 1.807) is 7.11 Å². The quantitative estimate of drug-likeness (QED) is 0.453. The molecule has 0 bridgehead atoms. The van der Waals surface area contributed by atoms with Crippen LogP contribution in [0.3, 0.4) is 0 Å². The second kappa shape index (κ2) is 6.95. The Labute approximate surface area is 61.3 Å². The van der Waals surface area contributed by atoms with Crippen LogP contribution in [-0.4, -0.2) is 31.5 Å². The molecule has 4 heteroatoms. The van der Waals surface area contributed by atoms with Crippen molar-refractivity contribution in [1.82, 2.24) is 5.48 Å². The van der Waals surface area contributed by atoms with Gasteiger partial charge in [0.2, 0.25) is 0 Å². The third-order valence-electron chi connectivity index (χ3n) is 1.31. The summed E-state index contributed by atoms with van der Waals surface area (Å²) in [4.78, 5) is 0. The third kappa shape index (κ3) is 4.69. The standard InChI is InChI=1S/C6H16N2O2/c1-10-5-6(8-9)3-2-4-7/h6,8-9H,2-5,7H2,1H3. The van der Waals surface area contributed by atoms with E-state index in [4.69, 9.17) is 15.7 Å². The number of rotatable bonds is 6. The normalized spacial score (nSPS) is 13.5. The summed E-state index contributed by atoms with van der Waals surface area (Å²) in [5.41, 5.74) is 7.43. The third-order valence-corrected chi connectivity index (χ3v) is 1.31. The van der Waals surface area contributed by atoms with Gasteiger partial charge in [-0.3, -0.25) is 0 Å². The highest BCUT2D eigenvalue weighted by atomic mass is 16.5. The Kier molecular flexibility index (Phi) is 6.84. The van der Waals surface area contributed by atoms with Gasteiger partial charge in [0.1, 0.15) is 0 Å². The first-order valence-corrected chi connectivity index (χ1v) is 3.43. The average Bonchev–Trinajstić information content (AvgIpc) is 1.98. The van der Waals surface area contributed by atoms with E-state index in [0.717, 1.165) is 12.8 Å². The maximum absolute atomic E-state index is 8.51. The number of hydroxylamine groups is 1. The van der Waals surface area contributed by atoms with Gasteiger partial charge in [0, 0.05) is 7.11 Å². The van der Waals surface area contributed by atoms with Crippen LogP contribution in [0.25, 0.3) is 0 Å². The predicted octanol–water partition coefficient (Wildman–Crippen LogP) is -0.281. The van der Waals surface area contributed by atoms with Gasteiger partial charge in [-0.15, -0.1) is 0 Å². The van der Waals surface area contributed by atoms with Crippen molar-refractivity contribution in [3.8, 4) is 0 Å². The van der Waals surface area contributed by atoms with Crippen molar-refractivity contribution in [2.45, 2.75) is 18.9 Å². The van der Waals surface area contributed by atoms with Crippen molar-refractivity contribution < 1.29 is 9.94 Å². The molecule has 0 spiro atoms. The average molecular weight is 148 g/mol. The largest absolute Gasteiger partial charge is 0.383 e. The number of nitrogens with two attached hydrogens (primary N) is 1. The van der Waals surface area contributed by atoms with Gasteiger partial charge >= 0.3 is 0 Å². The van der Waals surface area contributed by atoms with E-state index < -0.39 is 0 Å². The van der Waals surface area contributed by atoms with Gasteiger partial charge in [-0.1, -0.05) is 0 Å². The lowest BCUT2D eigenvalue weighted by atomic mass is 10.2. The summed E-state index contributed by atoms with van der Waals surface area (Å²) < 4.78 is 4.83. The Morgan fingerprint density at radius 1 is 1.70 bits per heavy atom. The van der Waals surface area contributed by atoms with Crippen molar-refractivity contribution >= 4 is 0 Å². The SMILES string of the molecule is COCC(CCCN)NO. The first-order valence-electron chi connectivity index (χ1n) is 3.43. The molecule has 0 aliphatic rings. The molecule has 10 heavy (non-hydrogen) atoms. The fourth-order valence-electron chi connectivity index (χ4n) is 0.751. The van der Waals surface area contributed by atoms with E-state index in [1.807, 2.05) is 0 Å². The molecule has 0 aromatic rings. The second-order valence-corrected chi connectivity index (χ2v) is 2.21. The molecule has 0 rings (SSSR count). The summed E-state index contributed by atoms with van der Waals surface area (Å²) in [5, 5.41) is 8.51. The zero-order valence-electron chi connectivity index (χ0n) is 6.34. The van der Waals surface area contributed by atoms with Crippen molar-refractivity contribution in [2.75, 3.05) is 20.3 Å². The molecule has 0 aromatic carbocycles. The molecule has 0 aliphatic carbocycles. The topological polar surface area (TPSA) is 67.5 Å². The zero-order valence-corrected chi connectivity index (χ0v) is 6.34. The monoisotopic (exact) mass is 148 g/mol. The van der Waals surface area contributed by atoms with E-state index in [1.165, 1.54) is 0 Å². The number of hydrogen-bond donors (Lipinski definition) is 3. The Hall–Kier alpha value is -0.160. The van der Waals surface area contributed by atoms with E-state index in [2.05, 4.69) is 5.48 Å². The minimum Gasteiger partial charge on any atom is -0.383 e. The molecule has 4 N–H and O–H groups in total. The molecule has 1 atom stereocenters. The maximum Gasteiger partial charge on any atom is 0.0638 e. The van der Waals surface area contributed by atoms with E-state index in [9.17, 15) is 0 Å². The minimum atomic E-state index is 0.0218. The maximum atomic E-state index is 8.51. The Morgan fingerprint density at radius 2 is 2.40 bits per heavy atom. The summed E-state index contributed by atoms with van der Waals surface area (Å²) in [6.45, 7) is 1.18. The van der Waals surface area contributed by atoms with Crippen LogP contribution in [0.15, 0.2) is 0 Å². The Balaban J connectivity index is 3.21. The molecule has 1 unspecified atom stereocenters. The van der Waals surface area contributed by atoms with Gasteiger partial charge in [0.05, 0.1) is 12.6 Å². The molecule has 0 aromatic heterocycles. The highest BCUT2D eigenvalue weighted by Gasteiger charge is 2.04. The summed E-state index contributed by atoms with van der Waals surface area (Å²) in [7, 11) is 1.60. The highest BCUT2D eigenvalue weighted by molar-refractivity contribution is 4.60. The van der Waals surface area contributed by atoms with Gasteiger partial charge in [-0.2, -0.15) is 0 Å². The first-order chi connectivity index (χ1) is 4.85. The molecular weight excluding hydrogens is 132 g/mol. The van der Waals surface area contributed by atoms with Crippen LogP contribution in [-0.2, 0) is 4.74 Å². The number of hydrogen-bond acceptors (Lipinski definition) is 4. The van der Waals surface area contributed by atoms with Crippen LogP contribution >= 0.6 is 0 Å². The second-order valence-electron chi connectivity index (χ2n) is 2.21.